The molecule has 1 heterocycles. The van der Waals surface area contributed by atoms with Crippen LogP contribution in [0.2, 0.25) is 0 Å². The van der Waals surface area contributed by atoms with E-state index in [1.807, 2.05) is 61.5 Å². The molecule has 3 aromatic carbocycles. The second kappa shape index (κ2) is 11.2. The molecule has 1 aromatic heterocycles. The number of alkyl halides is 3. The minimum absolute atomic E-state index is 0.272. The summed E-state index contributed by atoms with van der Waals surface area (Å²) in [5, 5.41) is 1.02. The smallest absolute Gasteiger partial charge is 0.463 e. The first kappa shape index (κ1) is 25.8. The lowest BCUT2D eigenvalue weighted by Crippen LogP contribution is -2.17. The number of H-pyrrole nitrogens is 1. The number of esters is 1. The summed E-state index contributed by atoms with van der Waals surface area (Å²) >= 11 is 0. The zero-order chi connectivity index (χ0) is 26.4. The number of nitrogens with one attached hydrogen (secondary N) is 1. The Hall–Kier alpha value is -4.26. The summed E-state index contributed by atoms with van der Waals surface area (Å²) in [6, 6.07) is 23.5. The summed E-state index contributed by atoms with van der Waals surface area (Å²) in [5.74, 6) is -0.689. The number of benzene rings is 3. The molecular formula is C30H26F3NO3. The average molecular weight is 506 g/mol. The van der Waals surface area contributed by atoms with Crippen molar-refractivity contribution in [1.29, 1.82) is 0 Å². The quantitative estimate of drug-likeness (QED) is 0.150. The predicted octanol–water partition coefficient (Wildman–Crippen LogP) is 8.01. The molecule has 0 amide bonds. The Bertz CT molecular complexity index is 1410. The summed E-state index contributed by atoms with van der Waals surface area (Å²) in [6.07, 6.45) is -1.17. The van der Waals surface area contributed by atoms with E-state index in [9.17, 15) is 18.0 Å². The van der Waals surface area contributed by atoms with Crippen molar-refractivity contribution in [2.45, 2.75) is 26.6 Å². The van der Waals surface area contributed by atoms with E-state index in [1.165, 1.54) is 18.2 Å². The highest BCUT2D eigenvalue weighted by atomic mass is 19.4. The van der Waals surface area contributed by atoms with E-state index in [4.69, 9.17) is 4.74 Å². The van der Waals surface area contributed by atoms with Crippen molar-refractivity contribution in [2.24, 2.45) is 0 Å². The lowest BCUT2D eigenvalue weighted by atomic mass is 9.90. The topological polar surface area (TPSA) is 51.3 Å². The molecule has 37 heavy (non-hydrogen) atoms. The van der Waals surface area contributed by atoms with Crippen molar-refractivity contribution in [2.75, 3.05) is 6.61 Å². The molecule has 4 nitrogen and oxygen atoms in total. The van der Waals surface area contributed by atoms with Crippen molar-refractivity contribution in [3.05, 3.63) is 107 Å². The van der Waals surface area contributed by atoms with E-state index in [2.05, 4.69) is 9.72 Å². The highest BCUT2D eigenvalue weighted by Crippen LogP contribution is 2.37. The summed E-state index contributed by atoms with van der Waals surface area (Å²) in [6.45, 7) is 4.01. The lowest BCUT2D eigenvalue weighted by Gasteiger charge is -2.16. The summed E-state index contributed by atoms with van der Waals surface area (Å²) in [5.41, 5.74) is 5.83. The van der Waals surface area contributed by atoms with E-state index >= 15 is 0 Å². The van der Waals surface area contributed by atoms with Gasteiger partial charge in [-0.05, 0) is 65.9 Å². The molecule has 0 aliphatic rings. The first-order chi connectivity index (χ1) is 17.8. The number of halogens is 3. The first-order valence-corrected chi connectivity index (χ1v) is 11.9. The highest BCUT2D eigenvalue weighted by molar-refractivity contribution is 6.00. The molecular weight excluding hydrogens is 479 g/mol. The van der Waals surface area contributed by atoms with Crippen LogP contribution in [0.15, 0.2) is 84.9 Å². The molecule has 4 rings (SSSR count). The first-order valence-electron chi connectivity index (χ1n) is 11.9. The standard InChI is InChI=1S/C30H26F3NO3/c1-3-25(22-9-7-10-24(18-22)37-30(31,32)33)29(27-19-23-8-5-6-11-26(23)34-27)21-15-12-20(13-16-21)14-17-28(35)36-4-2/h5-19,34H,3-4H2,1-2H3/b17-14+,29-25+. The van der Waals surface area contributed by atoms with Crippen molar-refractivity contribution in [1.82, 2.24) is 4.98 Å². The number of ether oxygens (including phenoxy) is 2. The number of para-hydroxylation sites is 1. The van der Waals surface area contributed by atoms with Crippen LogP contribution in [0.3, 0.4) is 0 Å². The Morgan fingerprint density at radius 1 is 0.919 bits per heavy atom. The zero-order valence-corrected chi connectivity index (χ0v) is 20.4. The maximum atomic E-state index is 12.9. The molecule has 0 atom stereocenters. The van der Waals surface area contributed by atoms with Gasteiger partial charge in [0.1, 0.15) is 5.75 Å². The molecule has 0 fully saturated rings. The Balaban J connectivity index is 1.83. The van der Waals surface area contributed by atoms with Gasteiger partial charge >= 0.3 is 12.3 Å². The van der Waals surface area contributed by atoms with Gasteiger partial charge in [0, 0.05) is 28.2 Å². The van der Waals surface area contributed by atoms with Gasteiger partial charge in [-0.15, -0.1) is 13.2 Å². The number of carbonyl (C=O) groups excluding carboxylic acids is 1. The molecule has 0 unspecified atom stereocenters. The van der Waals surface area contributed by atoms with Gasteiger partial charge in [0.05, 0.1) is 6.61 Å². The Labute approximate surface area is 213 Å². The van der Waals surface area contributed by atoms with Gasteiger partial charge in [0.15, 0.2) is 0 Å². The molecule has 1 N–H and O–H groups in total. The van der Waals surface area contributed by atoms with Crippen LogP contribution < -0.4 is 4.74 Å². The fourth-order valence-corrected chi connectivity index (χ4v) is 4.22. The molecule has 0 saturated heterocycles. The third-order valence-electron chi connectivity index (χ3n) is 5.77. The van der Waals surface area contributed by atoms with Gasteiger partial charge in [0.25, 0.3) is 0 Å². The molecule has 190 valence electrons. The lowest BCUT2D eigenvalue weighted by molar-refractivity contribution is -0.274. The number of allylic oxidation sites excluding steroid dienone is 1. The predicted molar refractivity (Wildman–Crippen MR) is 140 cm³/mol. The number of fused-ring (bicyclic) bond motifs is 1. The summed E-state index contributed by atoms with van der Waals surface area (Å²) in [7, 11) is 0. The van der Waals surface area contributed by atoms with Crippen LogP contribution in [-0.4, -0.2) is 23.9 Å². The van der Waals surface area contributed by atoms with Gasteiger partial charge in [-0.2, -0.15) is 0 Å². The fourth-order valence-electron chi connectivity index (χ4n) is 4.22. The van der Waals surface area contributed by atoms with Crippen LogP contribution in [0.25, 0.3) is 28.1 Å². The SMILES string of the molecule is CCOC(=O)/C=C/c1ccc(/C(=C(/CC)c2cccc(OC(F)(F)F)c2)c2cc3ccccc3[nH]2)cc1. The molecule has 4 aromatic rings. The number of aromatic amines is 1. The van der Waals surface area contributed by atoms with Crippen molar-refractivity contribution in [3.8, 4) is 5.75 Å². The highest BCUT2D eigenvalue weighted by Gasteiger charge is 2.31. The maximum Gasteiger partial charge on any atom is 0.573 e. The summed E-state index contributed by atoms with van der Waals surface area (Å²) < 4.78 is 47.8. The number of rotatable bonds is 8. The maximum absolute atomic E-state index is 12.9. The van der Waals surface area contributed by atoms with Crippen LogP contribution in [0.4, 0.5) is 13.2 Å². The average Bonchev–Trinajstić information content (AvgIpc) is 3.29. The van der Waals surface area contributed by atoms with E-state index in [1.54, 1.807) is 25.1 Å². The van der Waals surface area contributed by atoms with Gasteiger partial charge in [-0.3, -0.25) is 0 Å². The van der Waals surface area contributed by atoms with Gasteiger partial charge in [-0.1, -0.05) is 61.5 Å². The second-order valence-electron chi connectivity index (χ2n) is 8.26. The molecule has 0 aliphatic carbocycles. The van der Waals surface area contributed by atoms with Crippen LogP contribution in [-0.2, 0) is 9.53 Å². The van der Waals surface area contributed by atoms with Crippen LogP contribution >= 0.6 is 0 Å². The normalized spacial score (nSPS) is 12.6. The second-order valence-corrected chi connectivity index (χ2v) is 8.26. The van der Waals surface area contributed by atoms with E-state index < -0.39 is 12.3 Å². The third-order valence-corrected chi connectivity index (χ3v) is 5.77. The van der Waals surface area contributed by atoms with E-state index in [-0.39, 0.29) is 5.75 Å². The molecule has 0 aliphatic heterocycles. The fraction of sp³-hybridized carbons (Fsp3) is 0.167. The van der Waals surface area contributed by atoms with E-state index in [0.29, 0.717) is 18.6 Å². The van der Waals surface area contributed by atoms with Crippen molar-refractivity contribution in [3.63, 3.8) is 0 Å². The molecule has 0 radical (unpaired) electrons. The van der Waals surface area contributed by atoms with Crippen LogP contribution in [0.1, 0.15) is 42.7 Å². The number of aromatic nitrogens is 1. The van der Waals surface area contributed by atoms with E-state index in [0.717, 1.165) is 38.9 Å². The van der Waals surface area contributed by atoms with Gasteiger partial charge in [-0.25, -0.2) is 4.79 Å². The molecule has 0 saturated carbocycles. The largest absolute Gasteiger partial charge is 0.573 e. The monoisotopic (exact) mass is 505 g/mol. The zero-order valence-electron chi connectivity index (χ0n) is 20.4. The van der Waals surface area contributed by atoms with Crippen molar-refractivity contribution < 1.29 is 27.4 Å². The van der Waals surface area contributed by atoms with Gasteiger partial charge in [0.2, 0.25) is 0 Å². The number of carbonyl (C=O) groups is 1. The van der Waals surface area contributed by atoms with Crippen molar-refractivity contribution >= 4 is 34.1 Å². The minimum atomic E-state index is -4.78. The molecule has 0 spiro atoms. The Morgan fingerprint density at radius 2 is 1.68 bits per heavy atom. The summed E-state index contributed by atoms with van der Waals surface area (Å²) in [4.78, 5) is 15.1. The van der Waals surface area contributed by atoms with Crippen LogP contribution in [0.5, 0.6) is 5.75 Å². The number of hydrogen-bond donors (Lipinski definition) is 1. The Kier molecular flexibility index (Phi) is 7.82. The molecule has 7 heteroatoms. The Morgan fingerprint density at radius 3 is 2.35 bits per heavy atom. The van der Waals surface area contributed by atoms with Gasteiger partial charge < -0.3 is 14.5 Å². The third kappa shape index (κ3) is 6.50. The van der Waals surface area contributed by atoms with Crippen LogP contribution in [0, 0.1) is 0 Å². The molecule has 0 bridgehead atoms. The minimum Gasteiger partial charge on any atom is -0.463 e. The number of hydrogen-bond acceptors (Lipinski definition) is 3.